The minimum atomic E-state index is -2.82. The number of carbonyl (C=O) groups excluding carboxylic acids is 4. The Morgan fingerprint density at radius 3 is 1.82 bits per heavy atom. The lowest BCUT2D eigenvalue weighted by molar-refractivity contribution is -0.151. The molecule has 464 valence electrons. The summed E-state index contributed by atoms with van der Waals surface area (Å²) in [5, 5.41) is 38.1. The molecule has 11 rings (SSSR count). The lowest BCUT2D eigenvalue weighted by Gasteiger charge is -2.39. The molecule has 1 spiro atoms. The summed E-state index contributed by atoms with van der Waals surface area (Å²) in [6.07, 6.45) is 3.14. The van der Waals surface area contributed by atoms with E-state index in [4.69, 9.17) is 18.9 Å². The van der Waals surface area contributed by atoms with Gasteiger partial charge in [-0.3, -0.25) is 29.0 Å². The molecule has 5 heterocycles. The van der Waals surface area contributed by atoms with Crippen molar-refractivity contribution < 1.29 is 53.4 Å². The first-order chi connectivity index (χ1) is 42.7. The topological polar surface area (TPSA) is 203 Å². The van der Waals surface area contributed by atoms with Crippen molar-refractivity contribution in [3.05, 3.63) is 161 Å². The van der Waals surface area contributed by atoms with Gasteiger partial charge in [0.15, 0.2) is 5.60 Å². The van der Waals surface area contributed by atoms with Crippen LogP contribution in [0.3, 0.4) is 0 Å². The number of fused-ring (bicyclic) bond motifs is 5. The van der Waals surface area contributed by atoms with E-state index in [1.807, 2.05) is 123 Å². The largest absolute Gasteiger partial charge is 0.497 e. The van der Waals surface area contributed by atoms with Gasteiger partial charge >= 0.3 is 0 Å². The molecule has 4 amide bonds. The molecular formula is C70H84N6O11Si. The monoisotopic (exact) mass is 1210 g/mol. The molecule has 17 nitrogen and oxygen atoms in total. The number of anilines is 5. The van der Waals surface area contributed by atoms with Crippen molar-refractivity contribution in [2.45, 2.75) is 134 Å². The zero-order valence-electron chi connectivity index (χ0n) is 51.5. The third kappa shape index (κ3) is 11.9. The van der Waals surface area contributed by atoms with E-state index in [0.717, 1.165) is 38.7 Å². The van der Waals surface area contributed by atoms with Crippen molar-refractivity contribution in [2.75, 3.05) is 67.9 Å². The molecule has 7 atom stereocenters. The van der Waals surface area contributed by atoms with Gasteiger partial charge in [0.2, 0.25) is 17.7 Å². The fourth-order valence-corrected chi connectivity index (χ4v) is 18.6. The first-order valence-corrected chi connectivity index (χ1v) is 34.5. The molecule has 5 aliphatic heterocycles. The first-order valence-electron chi connectivity index (χ1n) is 31.4. The molecular weight excluding hydrogens is 1130 g/mol. The zero-order chi connectivity index (χ0) is 61.9. The summed E-state index contributed by atoms with van der Waals surface area (Å²) in [6.45, 7) is 12.9. The molecule has 2 unspecified atom stereocenters. The molecule has 0 saturated carbocycles. The van der Waals surface area contributed by atoms with Gasteiger partial charge in [0, 0.05) is 42.6 Å². The number of aliphatic hydroxyl groups excluding tert-OH is 3. The number of nitrogens with zero attached hydrogens (tertiary/aromatic N) is 4. The van der Waals surface area contributed by atoms with Gasteiger partial charge in [-0.2, -0.15) is 0 Å². The second-order valence-corrected chi connectivity index (χ2v) is 29.2. The van der Waals surface area contributed by atoms with Gasteiger partial charge in [-0.25, -0.2) is 0 Å². The van der Waals surface area contributed by atoms with Gasteiger partial charge in [0.1, 0.15) is 17.2 Å². The van der Waals surface area contributed by atoms with E-state index in [2.05, 4.69) is 48.9 Å². The summed E-state index contributed by atoms with van der Waals surface area (Å²) in [4.78, 5) is 69.0. The summed E-state index contributed by atoms with van der Waals surface area (Å²) in [6, 6.07) is 39.6. The van der Waals surface area contributed by atoms with Crippen LogP contribution in [0.25, 0.3) is 0 Å². The van der Waals surface area contributed by atoms with Crippen LogP contribution in [0.5, 0.6) is 17.2 Å². The van der Waals surface area contributed by atoms with Gasteiger partial charge in [-0.05, 0) is 184 Å². The van der Waals surface area contributed by atoms with E-state index in [-0.39, 0.29) is 62.0 Å². The van der Waals surface area contributed by atoms with E-state index in [9.17, 15) is 20.1 Å². The maximum atomic E-state index is 16.7. The average Bonchev–Trinajstić information content (AvgIpc) is 1.53. The molecule has 88 heavy (non-hydrogen) atoms. The van der Waals surface area contributed by atoms with Crippen molar-refractivity contribution >= 4 is 65.3 Å². The normalized spacial score (nSPS) is 22.2. The van der Waals surface area contributed by atoms with Crippen LogP contribution < -0.4 is 44.7 Å². The van der Waals surface area contributed by atoms with E-state index in [1.54, 1.807) is 26.7 Å². The van der Waals surface area contributed by atoms with Crippen LogP contribution in [0, 0.1) is 5.92 Å². The van der Waals surface area contributed by atoms with Crippen molar-refractivity contribution in [3.63, 3.8) is 0 Å². The smallest absolute Gasteiger partial charge is 0.264 e. The highest BCUT2D eigenvalue weighted by atomic mass is 28.3. The van der Waals surface area contributed by atoms with E-state index in [0.29, 0.717) is 123 Å². The highest BCUT2D eigenvalue weighted by Gasteiger charge is 2.67. The maximum Gasteiger partial charge on any atom is 0.264 e. The van der Waals surface area contributed by atoms with Gasteiger partial charge in [-0.15, -0.1) is 0 Å². The van der Waals surface area contributed by atoms with Crippen LogP contribution in [-0.2, 0) is 61.9 Å². The predicted molar refractivity (Wildman–Crippen MR) is 343 cm³/mol. The highest BCUT2D eigenvalue weighted by Crippen LogP contribution is 2.61. The SMILES string of the molecule is CCOc1ccc2c(c1)CC(NCCCCO)C(=O)N2c1cccc(CN2C(=O)[C@]3(O[C@H](CC(=O)N4Cc5ccccc5C[C@H]4CO)[C@@H]([Si](C)(C)c4ccc(OC)cc4)[C@@H]3C)c3cc(N4C(=O)C(NCCCCO)Cc5cc(OCC)ccc54)ccc32)c1. The summed E-state index contributed by atoms with van der Waals surface area (Å²) >= 11 is 0. The second-order valence-electron chi connectivity index (χ2n) is 24.5. The van der Waals surface area contributed by atoms with Crippen molar-refractivity contribution in [3.8, 4) is 17.2 Å². The molecule has 0 aliphatic carbocycles. The van der Waals surface area contributed by atoms with Crippen molar-refractivity contribution in [1.82, 2.24) is 15.5 Å². The lowest BCUT2D eigenvalue weighted by Crippen LogP contribution is -2.52. The van der Waals surface area contributed by atoms with Crippen LogP contribution in [0.15, 0.2) is 127 Å². The Morgan fingerprint density at radius 2 is 1.24 bits per heavy atom. The molecule has 6 aromatic carbocycles. The van der Waals surface area contributed by atoms with E-state index >= 15 is 14.4 Å². The van der Waals surface area contributed by atoms with Crippen molar-refractivity contribution in [2.24, 2.45) is 5.92 Å². The number of ether oxygens (including phenoxy) is 4. The molecule has 1 fully saturated rings. The third-order valence-electron chi connectivity index (χ3n) is 18.9. The van der Waals surface area contributed by atoms with Gasteiger partial charge in [0.05, 0.1) is 89.3 Å². The standard InChI is InChI=1S/C70H84N6O11Si/c1-7-85-55-23-28-61-49(36-55)38-59(71-30-11-13-32-77)67(81)75(61)51-19-15-16-46(34-51)42-74-63-27-20-52(76-62-29-24-56(86-8-2)37-50(62)39-60(68(76)82)72-31-12-14-33-78)40-58(63)70(69(74)83)45(3)66(88(5,6)57-25-21-54(84-4)22-26-57)64(87-70)41-65(80)73-43-48-18-10-9-17-47(48)35-53(73)44-79/h9-10,15-29,34,36-37,40,45,53,59-60,64,66,71-72,77-79H,7-8,11-14,30-33,35,38-39,41-44H2,1-6H3/t45-,53-,59?,60?,64+,66-,70+/m0/s1. The quantitative estimate of drug-likeness (QED) is 0.0286. The maximum absolute atomic E-state index is 16.7. The number of aliphatic hydroxyl groups is 3. The fourth-order valence-electron chi connectivity index (χ4n) is 14.5. The Kier molecular flexibility index (Phi) is 18.9. The molecule has 0 aromatic heterocycles. The summed E-state index contributed by atoms with van der Waals surface area (Å²) < 4.78 is 25.3. The molecule has 0 bridgehead atoms. The Labute approximate surface area is 517 Å². The number of hydrogen-bond acceptors (Lipinski definition) is 13. The average molecular weight is 1210 g/mol. The van der Waals surface area contributed by atoms with Crippen molar-refractivity contribution in [1.29, 1.82) is 0 Å². The first kappa shape index (κ1) is 62.2. The molecule has 5 N–H and O–H groups in total. The Hall–Kier alpha value is -7.42. The molecule has 5 aliphatic rings. The van der Waals surface area contributed by atoms with Gasteiger partial charge < -0.3 is 54.7 Å². The van der Waals surface area contributed by atoms with Crippen LogP contribution >= 0.6 is 0 Å². The Bertz CT molecular complexity index is 3530. The van der Waals surface area contributed by atoms with Gasteiger partial charge in [0.25, 0.3) is 5.91 Å². The fraction of sp³-hybridized carbons (Fsp3) is 0.429. The van der Waals surface area contributed by atoms with Crippen LogP contribution in [0.2, 0.25) is 18.6 Å². The minimum absolute atomic E-state index is 0.0469. The number of unbranched alkanes of at least 4 members (excludes halogenated alkanes) is 2. The molecule has 18 heteroatoms. The summed E-state index contributed by atoms with van der Waals surface area (Å²) in [5.74, 6) is 0.794. The predicted octanol–water partition coefficient (Wildman–Crippen LogP) is 8.49. The number of benzene rings is 6. The Morgan fingerprint density at radius 1 is 0.659 bits per heavy atom. The third-order valence-corrected chi connectivity index (χ3v) is 23.3. The Balaban J connectivity index is 1.03. The molecule has 0 radical (unpaired) electrons. The molecule has 1 saturated heterocycles. The number of rotatable bonds is 24. The number of amides is 4. The van der Waals surface area contributed by atoms with Crippen LogP contribution in [0.1, 0.15) is 86.3 Å². The second kappa shape index (κ2) is 26.7. The number of hydrogen-bond donors (Lipinski definition) is 5. The minimum Gasteiger partial charge on any atom is -0.497 e. The van der Waals surface area contributed by atoms with Crippen LogP contribution in [0.4, 0.5) is 28.4 Å². The molecule has 6 aromatic rings. The number of carbonyl (C=O) groups is 4. The summed E-state index contributed by atoms with van der Waals surface area (Å²) in [5.41, 5.74) is 6.48. The van der Waals surface area contributed by atoms with Gasteiger partial charge in [-0.1, -0.05) is 73.7 Å². The zero-order valence-corrected chi connectivity index (χ0v) is 52.5. The van der Waals surface area contributed by atoms with E-state index < -0.39 is 43.8 Å². The number of methoxy groups -OCH3 is 1. The lowest BCUT2D eigenvalue weighted by atomic mass is 9.82. The van der Waals surface area contributed by atoms with Crippen LogP contribution in [-0.4, -0.2) is 129 Å². The number of nitrogens with one attached hydrogen (secondary N) is 2. The van der Waals surface area contributed by atoms with E-state index in [1.165, 1.54) is 0 Å². The summed E-state index contributed by atoms with van der Waals surface area (Å²) in [7, 11) is -1.18. The highest BCUT2D eigenvalue weighted by molar-refractivity contribution is 6.91.